The van der Waals surface area contributed by atoms with E-state index in [1.165, 1.54) is 0 Å². The third-order valence-corrected chi connectivity index (χ3v) is 4.07. The highest BCUT2D eigenvalue weighted by molar-refractivity contribution is 9.11. The van der Waals surface area contributed by atoms with Gasteiger partial charge in [-0.05, 0) is 41.4 Å². The lowest BCUT2D eigenvalue weighted by molar-refractivity contribution is 0.688. The molecule has 2 rings (SSSR count). The average Bonchev–Trinajstić information content (AvgIpc) is 2.76. The number of aromatic nitrogens is 2. The molecule has 2 heterocycles. The van der Waals surface area contributed by atoms with Crippen LogP contribution in [0.2, 0.25) is 0 Å². The zero-order chi connectivity index (χ0) is 13.0. The van der Waals surface area contributed by atoms with Gasteiger partial charge in [0.05, 0.1) is 3.79 Å². The first kappa shape index (κ1) is 13.5. The van der Waals surface area contributed by atoms with E-state index >= 15 is 0 Å². The number of anilines is 1. The largest absolute Gasteiger partial charge is 0.354 e. The van der Waals surface area contributed by atoms with E-state index in [2.05, 4.69) is 37.3 Å². The maximum Gasteiger partial charge on any atom is 0.222 e. The van der Waals surface area contributed by atoms with Crippen LogP contribution in [-0.2, 0) is 0 Å². The molecular formula is C12H15BrN4S. The number of hydrogen-bond acceptors (Lipinski definition) is 5. The van der Waals surface area contributed by atoms with Crippen LogP contribution in [0.15, 0.2) is 28.3 Å². The van der Waals surface area contributed by atoms with E-state index in [0.29, 0.717) is 5.95 Å². The van der Waals surface area contributed by atoms with Gasteiger partial charge in [0.2, 0.25) is 5.95 Å². The summed E-state index contributed by atoms with van der Waals surface area (Å²) in [6.07, 6.45) is 4.57. The van der Waals surface area contributed by atoms with Crippen molar-refractivity contribution >= 4 is 33.2 Å². The lowest BCUT2D eigenvalue weighted by atomic mass is 10.2. The predicted octanol–water partition coefficient (Wildman–Crippen LogP) is 3.12. The molecule has 1 atom stereocenters. The van der Waals surface area contributed by atoms with Crippen molar-refractivity contribution in [3.05, 3.63) is 28.3 Å². The van der Waals surface area contributed by atoms with Gasteiger partial charge in [-0.1, -0.05) is 0 Å². The summed E-state index contributed by atoms with van der Waals surface area (Å²) in [7, 11) is 0. The number of hydrogen-bond donors (Lipinski definition) is 2. The highest BCUT2D eigenvalue weighted by Gasteiger charge is 2.03. The summed E-state index contributed by atoms with van der Waals surface area (Å²) in [5, 5.41) is 3.15. The molecule has 4 nitrogen and oxygen atoms in total. The number of nitrogens with one attached hydrogen (secondary N) is 1. The fraction of sp³-hybridized carbons (Fsp3) is 0.333. The molecule has 6 heteroatoms. The Balaban J connectivity index is 1.97. The molecule has 0 fully saturated rings. The lowest BCUT2D eigenvalue weighted by Crippen LogP contribution is -2.19. The molecule has 0 amide bonds. The van der Waals surface area contributed by atoms with Gasteiger partial charge in [-0.15, -0.1) is 11.3 Å². The fourth-order valence-corrected chi connectivity index (χ4v) is 2.79. The van der Waals surface area contributed by atoms with Crippen molar-refractivity contribution < 1.29 is 0 Å². The summed E-state index contributed by atoms with van der Waals surface area (Å²) in [6, 6.07) is 4.27. The van der Waals surface area contributed by atoms with Gasteiger partial charge in [-0.25, -0.2) is 9.97 Å². The Morgan fingerprint density at radius 2 is 2.11 bits per heavy atom. The van der Waals surface area contributed by atoms with Gasteiger partial charge in [-0.3, -0.25) is 0 Å². The first-order valence-corrected chi connectivity index (χ1v) is 7.33. The molecule has 96 valence electrons. The van der Waals surface area contributed by atoms with E-state index < -0.39 is 0 Å². The molecule has 0 aliphatic rings. The van der Waals surface area contributed by atoms with E-state index in [1.54, 1.807) is 11.3 Å². The van der Waals surface area contributed by atoms with Crippen LogP contribution in [0, 0.1) is 0 Å². The van der Waals surface area contributed by atoms with Crippen molar-refractivity contribution in [2.24, 2.45) is 5.73 Å². The normalized spacial score (nSPS) is 12.4. The van der Waals surface area contributed by atoms with Crippen LogP contribution in [-0.4, -0.2) is 22.6 Å². The summed E-state index contributed by atoms with van der Waals surface area (Å²) < 4.78 is 1.11. The minimum absolute atomic E-state index is 0.195. The predicted molar refractivity (Wildman–Crippen MR) is 79.8 cm³/mol. The van der Waals surface area contributed by atoms with Gasteiger partial charge in [0, 0.05) is 35.4 Å². The SMILES string of the molecule is CC(N)CCNc1ncc(-c2ccc(Br)s2)cn1. The Kier molecular flexibility index (Phi) is 4.68. The van der Waals surface area contributed by atoms with Crippen molar-refractivity contribution in [2.75, 3.05) is 11.9 Å². The third-order valence-electron chi connectivity index (χ3n) is 2.39. The summed E-state index contributed by atoms with van der Waals surface area (Å²) in [5.74, 6) is 0.648. The molecule has 0 aliphatic carbocycles. The number of rotatable bonds is 5. The van der Waals surface area contributed by atoms with Crippen LogP contribution in [0.4, 0.5) is 5.95 Å². The van der Waals surface area contributed by atoms with Crippen molar-refractivity contribution in [3.63, 3.8) is 0 Å². The molecule has 18 heavy (non-hydrogen) atoms. The molecule has 0 aromatic carbocycles. The highest BCUT2D eigenvalue weighted by atomic mass is 79.9. The Labute approximate surface area is 119 Å². The van der Waals surface area contributed by atoms with Crippen molar-refractivity contribution in [1.29, 1.82) is 0 Å². The third kappa shape index (κ3) is 3.76. The van der Waals surface area contributed by atoms with Crippen LogP contribution in [0.3, 0.4) is 0 Å². The standard InChI is InChI=1S/C12H15BrN4S/c1-8(14)4-5-15-12-16-6-9(7-17-12)10-2-3-11(13)18-10/h2-3,6-8H,4-5,14H2,1H3,(H,15,16,17). The molecule has 0 saturated heterocycles. The van der Waals surface area contributed by atoms with Crippen LogP contribution in [0.5, 0.6) is 0 Å². The van der Waals surface area contributed by atoms with Gasteiger partial charge >= 0.3 is 0 Å². The van der Waals surface area contributed by atoms with Gasteiger partial charge in [-0.2, -0.15) is 0 Å². The zero-order valence-corrected chi connectivity index (χ0v) is 12.5. The van der Waals surface area contributed by atoms with Gasteiger partial charge < -0.3 is 11.1 Å². The van der Waals surface area contributed by atoms with Crippen molar-refractivity contribution in [3.8, 4) is 10.4 Å². The molecule has 2 aromatic rings. The summed E-state index contributed by atoms with van der Waals surface area (Å²) in [6.45, 7) is 2.78. The van der Waals surface area contributed by atoms with Gasteiger partial charge in [0.25, 0.3) is 0 Å². The molecule has 0 spiro atoms. The molecular weight excluding hydrogens is 312 g/mol. The lowest BCUT2D eigenvalue weighted by Gasteiger charge is -2.06. The van der Waals surface area contributed by atoms with E-state index in [9.17, 15) is 0 Å². The van der Waals surface area contributed by atoms with E-state index in [1.807, 2.05) is 25.4 Å². The number of thiophene rings is 1. The maximum absolute atomic E-state index is 5.68. The highest BCUT2D eigenvalue weighted by Crippen LogP contribution is 2.30. The molecule has 3 N–H and O–H groups in total. The Hall–Kier alpha value is -0.980. The van der Waals surface area contributed by atoms with E-state index in [4.69, 9.17) is 5.73 Å². The maximum atomic E-state index is 5.68. The second-order valence-electron chi connectivity index (χ2n) is 4.09. The van der Waals surface area contributed by atoms with Crippen LogP contribution < -0.4 is 11.1 Å². The summed E-state index contributed by atoms with van der Waals surface area (Å²) in [5.41, 5.74) is 6.71. The Morgan fingerprint density at radius 3 is 2.67 bits per heavy atom. The van der Waals surface area contributed by atoms with Crippen molar-refractivity contribution in [2.45, 2.75) is 19.4 Å². The monoisotopic (exact) mass is 326 g/mol. The molecule has 0 saturated carbocycles. The average molecular weight is 327 g/mol. The first-order chi connectivity index (χ1) is 8.65. The van der Waals surface area contributed by atoms with Crippen molar-refractivity contribution in [1.82, 2.24) is 9.97 Å². The van der Waals surface area contributed by atoms with Crippen LogP contribution in [0.25, 0.3) is 10.4 Å². The van der Waals surface area contributed by atoms with Crippen LogP contribution >= 0.6 is 27.3 Å². The topological polar surface area (TPSA) is 63.8 Å². The van der Waals surface area contributed by atoms with E-state index in [-0.39, 0.29) is 6.04 Å². The second kappa shape index (κ2) is 6.26. The quantitative estimate of drug-likeness (QED) is 0.886. The van der Waals surface area contributed by atoms with Crippen LogP contribution in [0.1, 0.15) is 13.3 Å². The van der Waals surface area contributed by atoms with E-state index in [0.717, 1.165) is 27.2 Å². The van der Waals surface area contributed by atoms with Gasteiger partial charge in [0.1, 0.15) is 0 Å². The summed E-state index contributed by atoms with van der Waals surface area (Å²) >= 11 is 5.11. The molecule has 0 aliphatic heterocycles. The number of nitrogens with two attached hydrogens (primary N) is 1. The fourth-order valence-electron chi connectivity index (χ4n) is 1.43. The Morgan fingerprint density at radius 1 is 1.39 bits per heavy atom. The molecule has 2 aromatic heterocycles. The minimum atomic E-state index is 0.195. The first-order valence-electron chi connectivity index (χ1n) is 5.72. The second-order valence-corrected chi connectivity index (χ2v) is 6.55. The number of nitrogens with zero attached hydrogens (tertiary/aromatic N) is 2. The summed E-state index contributed by atoms with van der Waals surface area (Å²) in [4.78, 5) is 9.74. The molecule has 1 unspecified atom stereocenters. The Bertz CT molecular complexity index is 495. The smallest absolute Gasteiger partial charge is 0.222 e. The number of halogens is 1. The van der Waals surface area contributed by atoms with Gasteiger partial charge in [0.15, 0.2) is 0 Å². The minimum Gasteiger partial charge on any atom is -0.354 e. The zero-order valence-electron chi connectivity index (χ0n) is 10.1. The molecule has 0 bridgehead atoms. The molecule has 0 radical (unpaired) electrons.